The van der Waals surface area contributed by atoms with E-state index in [-0.39, 0.29) is 12.6 Å². The molecule has 0 aromatic heterocycles. The van der Waals surface area contributed by atoms with E-state index in [9.17, 15) is 4.79 Å². The van der Waals surface area contributed by atoms with Crippen LogP contribution in [0, 0.1) is 0 Å². The number of fused-ring (bicyclic) bond motifs is 1. The monoisotopic (exact) mass is 309 g/mol. The fourth-order valence-electron chi connectivity index (χ4n) is 2.58. The van der Waals surface area contributed by atoms with Gasteiger partial charge in [-0.25, -0.2) is 0 Å². The van der Waals surface area contributed by atoms with Crippen LogP contribution in [0.15, 0.2) is 35.3 Å². The predicted octanol–water partition coefficient (Wildman–Crippen LogP) is 3.01. The average Bonchev–Trinajstić information content (AvgIpc) is 2.70. The van der Waals surface area contributed by atoms with Crippen molar-refractivity contribution in [1.29, 1.82) is 0 Å². The molecule has 0 aliphatic heterocycles. The second kappa shape index (κ2) is 5.67. The molecule has 0 saturated carbocycles. The smallest absolute Gasteiger partial charge is 0.317 e. The number of aliphatic carboxylic acids is 1. The van der Waals surface area contributed by atoms with Gasteiger partial charge in [-0.3, -0.25) is 9.69 Å². The standard InChI is InChI=1S/C14H16BrNO2/c1-2-7-16(9-14(17)18)13-6-3-10-8-11(15)4-5-12(10)13/h2,4-5,8,13H,1,3,6-7,9H2,(H,17,18). The molecule has 1 aromatic carbocycles. The molecule has 0 bridgehead atoms. The van der Waals surface area contributed by atoms with Gasteiger partial charge in [-0.2, -0.15) is 0 Å². The number of hydrogen-bond donors (Lipinski definition) is 1. The lowest BCUT2D eigenvalue weighted by Crippen LogP contribution is -2.32. The number of carbonyl (C=O) groups is 1. The molecule has 0 fully saturated rings. The van der Waals surface area contributed by atoms with Crippen molar-refractivity contribution in [2.75, 3.05) is 13.1 Å². The average molecular weight is 310 g/mol. The summed E-state index contributed by atoms with van der Waals surface area (Å²) in [4.78, 5) is 12.9. The summed E-state index contributed by atoms with van der Waals surface area (Å²) in [5.74, 6) is -0.789. The van der Waals surface area contributed by atoms with E-state index in [0.29, 0.717) is 6.54 Å². The zero-order chi connectivity index (χ0) is 13.1. The summed E-state index contributed by atoms with van der Waals surface area (Å²) < 4.78 is 1.08. The van der Waals surface area contributed by atoms with Crippen LogP contribution in [-0.4, -0.2) is 29.1 Å². The molecule has 4 heteroatoms. The van der Waals surface area contributed by atoms with Crippen LogP contribution in [0.3, 0.4) is 0 Å². The van der Waals surface area contributed by atoms with Crippen LogP contribution in [0.1, 0.15) is 23.6 Å². The molecule has 1 aliphatic carbocycles. The minimum absolute atomic E-state index is 0.0617. The van der Waals surface area contributed by atoms with Crippen LogP contribution >= 0.6 is 15.9 Å². The molecule has 2 rings (SSSR count). The zero-order valence-corrected chi connectivity index (χ0v) is 11.7. The Hall–Kier alpha value is -1.13. The lowest BCUT2D eigenvalue weighted by molar-refractivity contribution is -0.138. The first-order chi connectivity index (χ1) is 8.61. The number of aryl methyl sites for hydroxylation is 1. The maximum absolute atomic E-state index is 10.9. The predicted molar refractivity (Wildman–Crippen MR) is 74.6 cm³/mol. The van der Waals surface area contributed by atoms with Crippen molar-refractivity contribution < 1.29 is 9.90 Å². The lowest BCUT2D eigenvalue weighted by Gasteiger charge is -2.26. The quantitative estimate of drug-likeness (QED) is 0.850. The van der Waals surface area contributed by atoms with E-state index in [1.807, 2.05) is 11.0 Å². The maximum atomic E-state index is 10.9. The van der Waals surface area contributed by atoms with E-state index in [2.05, 4.69) is 34.6 Å². The maximum Gasteiger partial charge on any atom is 0.317 e. The van der Waals surface area contributed by atoms with Crippen molar-refractivity contribution in [2.24, 2.45) is 0 Å². The van der Waals surface area contributed by atoms with Crippen molar-refractivity contribution in [3.05, 3.63) is 46.5 Å². The summed E-state index contributed by atoms with van der Waals surface area (Å²) in [5.41, 5.74) is 2.56. The van der Waals surface area contributed by atoms with Crippen molar-refractivity contribution in [3.8, 4) is 0 Å². The minimum Gasteiger partial charge on any atom is -0.480 e. The van der Waals surface area contributed by atoms with Gasteiger partial charge in [0.15, 0.2) is 0 Å². The molecule has 1 aromatic rings. The summed E-state index contributed by atoms with van der Waals surface area (Å²) in [6, 6.07) is 6.43. The third-order valence-corrected chi connectivity index (χ3v) is 3.79. The molecule has 0 saturated heterocycles. The van der Waals surface area contributed by atoms with Crippen LogP contribution in [0.4, 0.5) is 0 Å². The number of benzene rings is 1. The third-order valence-electron chi connectivity index (χ3n) is 3.29. The summed E-state index contributed by atoms with van der Waals surface area (Å²) in [5, 5.41) is 8.98. The molecule has 0 heterocycles. The number of hydrogen-bond acceptors (Lipinski definition) is 2. The van der Waals surface area contributed by atoms with E-state index >= 15 is 0 Å². The Kier molecular flexibility index (Phi) is 4.19. The van der Waals surface area contributed by atoms with Gasteiger partial charge in [0, 0.05) is 17.1 Å². The highest BCUT2D eigenvalue weighted by Gasteiger charge is 2.28. The van der Waals surface area contributed by atoms with Gasteiger partial charge in [-0.15, -0.1) is 6.58 Å². The number of rotatable bonds is 5. The van der Waals surface area contributed by atoms with Gasteiger partial charge in [-0.1, -0.05) is 28.1 Å². The van der Waals surface area contributed by atoms with E-state index in [4.69, 9.17) is 5.11 Å². The lowest BCUT2D eigenvalue weighted by atomic mass is 10.1. The summed E-state index contributed by atoms with van der Waals surface area (Å²) in [7, 11) is 0. The third kappa shape index (κ3) is 2.82. The first-order valence-electron chi connectivity index (χ1n) is 5.97. The minimum atomic E-state index is -0.789. The van der Waals surface area contributed by atoms with Gasteiger partial charge in [-0.05, 0) is 36.1 Å². The fraction of sp³-hybridized carbons (Fsp3) is 0.357. The molecule has 1 atom stereocenters. The molecule has 18 heavy (non-hydrogen) atoms. The molecule has 96 valence electrons. The first-order valence-corrected chi connectivity index (χ1v) is 6.76. The van der Waals surface area contributed by atoms with Crippen LogP contribution in [0.2, 0.25) is 0 Å². The van der Waals surface area contributed by atoms with Gasteiger partial charge in [0.25, 0.3) is 0 Å². The molecular formula is C14H16BrNO2. The Labute approximate surface area is 115 Å². The molecule has 1 N–H and O–H groups in total. The summed E-state index contributed by atoms with van der Waals surface area (Å²) in [6.45, 7) is 4.37. The molecule has 1 aliphatic rings. The number of halogens is 1. The van der Waals surface area contributed by atoms with Crippen molar-refractivity contribution in [1.82, 2.24) is 4.90 Å². The normalized spacial score (nSPS) is 17.8. The summed E-state index contributed by atoms with van der Waals surface area (Å²) >= 11 is 3.47. The van der Waals surface area contributed by atoms with E-state index in [0.717, 1.165) is 17.3 Å². The molecule has 1 unspecified atom stereocenters. The van der Waals surface area contributed by atoms with Crippen molar-refractivity contribution in [3.63, 3.8) is 0 Å². The Balaban J connectivity index is 2.24. The number of carboxylic acid groups (broad SMARTS) is 1. The SMILES string of the molecule is C=CCN(CC(=O)O)C1CCc2cc(Br)ccc21. The van der Waals surface area contributed by atoms with Gasteiger partial charge >= 0.3 is 5.97 Å². The molecule has 0 radical (unpaired) electrons. The highest BCUT2D eigenvalue weighted by Crippen LogP contribution is 2.36. The van der Waals surface area contributed by atoms with E-state index in [1.165, 1.54) is 11.1 Å². The van der Waals surface area contributed by atoms with Crippen LogP contribution < -0.4 is 0 Å². The molecular weight excluding hydrogens is 294 g/mol. The number of nitrogens with zero attached hydrogens (tertiary/aromatic N) is 1. The molecule has 3 nitrogen and oxygen atoms in total. The van der Waals surface area contributed by atoms with Gasteiger partial charge in [0.1, 0.15) is 0 Å². The summed E-state index contributed by atoms with van der Waals surface area (Å²) in [6.07, 6.45) is 3.75. The Morgan fingerprint density at radius 1 is 1.61 bits per heavy atom. The van der Waals surface area contributed by atoms with Gasteiger partial charge in [0.2, 0.25) is 0 Å². The van der Waals surface area contributed by atoms with Gasteiger partial charge < -0.3 is 5.11 Å². The Morgan fingerprint density at radius 3 is 3.06 bits per heavy atom. The number of carboxylic acids is 1. The van der Waals surface area contributed by atoms with E-state index in [1.54, 1.807) is 6.08 Å². The van der Waals surface area contributed by atoms with Crippen LogP contribution in [0.25, 0.3) is 0 Å². The second-order valence-corrected chi connectivity index (χ2v) is 5.43. The van der Waals surface area contributed by atoms with Gasteiger partial charge in [0.05, 0.1) is 6.54 Å². The largest absolute Gasteiger partial charge is 0.480 e. The van der Waals surface area contributed by atoms with Crippen LogP contribution in [0.5, 0.6) is 0 Å². The topological polar surface area (TPSA) is 40.5 Å². The highest BCUT2D eigenvalue weighted by atomic mass is 79.9. The molecule has 0 spiro atoms. The first kappa shape index (κ1) is 13.3. The van der Waals surface area contributed by atoms with Crippen molar-refractivity contribution in [2.45, 2.75) is 18.9 Å². The van der Waals surface area contributed by atoms with Crippen molar-refractivity contribution >= 4 is 21.9 Å². The Morgan fingerprint density at radius 2 is 2.39 bits per heavy atom. The highest BCUT2D eigenvalue weighted by molar-refractivity contribution is 9.10. The van der Waals surface area contributed by atoms with Crippen LogP contribution in [-0.2, 0) is 11.2 Å². The Bertz CT molecular complexity index is 473. The van der Waals surface area contributed by atoms with E-state index < -0.39 is 5.97 Å². The molecule has 0 amide bonds. The second-order valence-electron chi connectivity index (χ2n) is 4.51. The zero-order valence-electron chi connectivity index (χ0n) is 10.1. The fourth-order valence-corrected chi connectivity index (χ4v) is 2.99.